The maximum Gasteiger partial charge on any atom is 0.336 e. The highest BCUT2D eigenvalue weighted by Crippen LogP contribution is 1.88. The normalized spacial score (nSPS) is 10.2. The van der Waals surface area contributed by atoms with Gasteiger partial charge in [0.1, 0.15) is 0 Å². The van der Waals surface area contributed by atoms with Crippen LogP contribution in [0.15, 0.2) is 14.4 Å². The Hall–Kier alpha value is -2.65. The minimum absolute atomic E-state index is 0.200. The van der Waals surface area contributed by atoms with Crippen molar-refractivity contribution in [2.24, 2.45) is 0 Å². The molecule has 0 saturated carbocycles. The number of carbonyl (C=O) groups excluding carboxylic acids is 2. The first-order valence-electron chi connectivity index (χ1n) is 5.98. The number of carbonyl (C=O) groups is 2. The summed E-state index contributed by atoms with van der Waals surface area (Å²) in [5.74, 6) is -1.21. The van der Waals surface area contributed by atoms with Crippen molar-refractivity contribution in [3.8, 4) is 0 Å². The Morgan fingerprint density at radius 2 is 1.29 bits per heavy atom. The highest BCUT2D eigenvalue weighted by molar-refractivity contribution is 5.69. The molecule has 10 nitrogen and oxygen atoms in total. The van der Waals surface area contributed by atoms with Crippen LogP contribution in [0.5, 0.6) is 0 Å². The van der Waals surface area contributed by atoms with Crippen molar-refractivity contribution in [1.29, 1.82) is 0 Å². The molecule has 10 heteroatoms. The molecule has 0 unspecified atom stereocenters. The maximum absolute atomic E-state index is 12.0. The number of H-pyrrole nitrogens is 1. The molecule has 0 saturated heterocycles. The largest absolute Gasteiger partial charge is 0.469 e. The van der Waals surface area contributed by atoms with Crippen LogP contribution >= 0.6 is 0 Å². The van der Waals surface area contributed by atoms with Gasteiger partial charge in [-0.05, 0) is 0 Å². The Balaban J connectivity index is 3.08. The zero-order valence-corrected chi connectivity index (χ0v) is 11.6. The van der Waals surface area contributed by atoms with Crippen LogP contribution in [-0.2, 0) is 32.2 Å². The first-order chi connectivity index (χ1) is 9.90. The van der Waals surface area contributed by atoms with Crippen LogP contribution in [0.3, 0.4) is 0 Å². The van der Waals surface area contributed by atoms with E-state index in [4.69, 9.17) is 0 Å². The summed E-state index contributed by atoms with van der Waals surface area (Å²) in [7, 11) is 2.35. The fourth-order valence-electron chi connectivity index (χ4n) is 1.55. The van der Waals surface area contributed by atoms with E-state index >= 15 is 0 Å². The van der Waals surface area contributed by atoms with E-state index in [2.05, 4.69) is 9.47 Å². The number of ether oxygens (including phenoxy) is 2. The SMILES string of the molecule is COC(=O)CCn1c(=O)[nH]c(=O)n(CCC(=O)OC)c1=O. The van der Waals surface area contributed by atoms with Crippen molar-refractivity contribution >= 4 is 11.9 Å². The Morgan fingerprint density at radius 1 is 0.905 bits per heavy atom. The number of aromatic nitrogens is 3. The minimum Gasteiger partial charge on any atom is -0.469 e. The van der Waals surface area contributed by atoms with E-state index in [1.165, 1.54) is 14.2 Å². The van der Waals surface area contributed by atoms with E-state index in [0.29, 0.717) is 9.13 Å². The summed E-state index contributed by atoms with van der Waals surface area (Å²) in [4.78, 5) is 59.1. The summed E-state index contributed by atoms with van der Waals surface area (Å²) in [6.45, 7) is -0.474. The molecule has 21 heavy (non-hydrogen) atoms. The first kappa shape index (κ1) is 16.4. The molecule has 1 aromatic rings. The van der Waals surface area contributed by atoms with E-state index in [9.17, 15) is 24.0 Å². The molecule has 1 N–H and O–H groups in total. The van der Waals surface area contributed by atoms with E-state index in [0.717, 1.165) is 0 Å². The fourth-order valence-corrected chi connectivity index (χ4v) is 1.55. The molecule has 0 fully saturated rings. The van der Waals surface area contributed by atoms with Crippen molar-refractivity contribution in [3.05, 3.63) is 31.5 Å². The molecule has 0 aliphatic rings. The number of nitrogens with one attached hydrogen (secondary N) is 1. The molecule has 0 spiro atoms. The van der Waals surface area contributed by atoms with Gasteiger partial charge in [-0.25, -0.2) is 23.5 Å². The third-order valence-electron chi connectivity index (χ3n) is 2.70. The van der Waals surface area contributed by atoms with Gasteiger partial charge in [0, 0.05) is 13.1 Å². The molecule has 1 aromatic heterocycles. The third-order valence-corrected chi connectivity index (χ3v) is 2.70. The molecule has 1 heterocycles. The molecular formula is C11H15N3O7. The molecule has 116 valence electrons. The summed E-state index contributed by atoms with van der Waals surface area (Å²) in [6.07, 6.45) is -0.399. The number of hydrogen-bond donors (Lipinski definition) is 1. The monoisotopic (exact) mass is 301 g/mol. The van der Waals surface area contributed by atoms with E-state index < -0.39 is 29.0 Å². The lowest BCUT2D eigenvalue weighted by Crippen LogP contribution is -2.49. The van der Waals surface area contributed by atoms with E-state index in [-0.39, 0.29) is 25.9 Å². The average Bonchev–Trinajstić information content (AvgIpc) is 2.45. The lowest BCUT2D eigenvalue weighted by molar-refractivity contribution is -0.141. The Morgan fingerprint density at radius 3 is 1.62 bits per heavy atom. The van der Waals surface area contributed by atoms with Crippen LogP contribution in [0.2, 0.25) is 0 Å². The van der Waals surface area contributed by atoms with Crippen LogP contribution in [0.1, 0.15) is 12.8 Å². The highest BCUT2D eigenvalue weighted by Gasteiger charge is 2.12. The van der Waals surface area contributed by atoms with Crippen LogP contribution < -0.4 is 17.1 Å². The Labute approximate surface area is 117 Å². The predicted octanol–water partition coefficient (Wildman–Crippen LogP) is -2.18. The van der Waals surface area contributed by atoms with Crippen molar-refractivity contribution in [1.82, 2.24) is 14.1 Å². The van der Waals surface area contributed by atoms with Crippen molar-refractivity contribution in [2.75, 3.05) is 14.2 Å². The summed E-state index contributed by atoms with van der Waals surface area (Å²) in [5, 5.41) is 0. The molecule has 0 bridgehead atoms. The third kappa shape index (κ3) is 4.16. The second-order valence-electron chi connectivity index (χ2n) is 3.97. The van der Waals surface area contributed by atoms with Crippen LogP contribution in [0.25, 0.3) is 0 Å². The quantitative estimate of drug-likeness (QED) is 0.591. The molecule has 0 aromatic carbocycles. The summed E-state index contributed by atoms with van der Waals surface area (Å²) >= 11 is 0. The van der Waals surface area contributed by atoms with Crippen molar-refractivity contribution in [3.63, 3.8) is 0 Å². The average molecular weight is 301 g/mol. The fraction of sp³-hybridized carbons (Fsp3) is 0.545. The van der Waals surface area contributed by atoms with Crippen LogP contribution in [0.4, 0.5) is 0 Å². The summed E-state index contributed by atoms with van der Waals surface area (Å²) in [5.41, 5.74) is -2.76. The van der Waals surface area contributed by atoms with Gasteiger partial charge in [0.05, 0.1) is 27.1 Å². The van der Waals surface area contributed by atoms with Gasteiger partial charge in [0.2, 0.25) is 0 Å². The summed E-state index contributed by atoms with van der Waals surface area (Å²) in [6, 6.07) is 0. The number of methoxy groups -OCH3 is 2. The molecule has 0 amide bonds. The highest BCUT2D eigenvalue weighted by atomic mass is 16.5. The van der Waals surface area contributed by atoms with Gasteiger partial charge in [0.25, 0.3) is 0 Å². The van der Waals surface area contributed by atoms with E-state index in [1.54, 1.807) is 0 Å². The molecular weight excluding hydrogens is 286 g/mol. The smallest absolute Gasteiger partial charge is 0.336 e. The molecule has 0 aliphatic carbocycles. The Kier molecular flexibility index (Phi) is 5.64. The van der Waals surface area contributed by atoms with Gasteiger partial charge in [-0.3, -0.25) is 14.6 Å². The van der Waals surface area contributed by atoms with Crippen LogP contribution in [0, 0.1) is 0 Å². The van der Waals surface area contributed by atoms with Gasteiger partial charge in [-0.2, -0.15) is 0 Å². The number of aromatic amines is 1. The standard InChI is InChI=1S/C11H15N3O7/c1-20-7(15)3-5-13-9(17)12-10(18)14(11(13)19)6-4-8(16)21-2/h3-6H2,1-2H3,(H,12,17,18). The van der Waals surface area contributed by atoms with Crippen molar-refractivity contribution in [2.45, 2.75) is 25.9 Å². The number of rotatable bonds is 6. The molecule has 0 radical (unpaired) electrons. The second kappa shape index (κ2) is 7.22. The molecule has 0 aliphatic heterocycles. The van der Waals surface area contributed by atoms with E-state index in [1.807, 2.05) is 4.98 Å². The number of hydrogen-bond acceptors (Lipinski definition) is 7. The van der Waals surface area contributed by atoms with Gasteiger partial charge in [-0.15, -0.1) is 0 Å². The van der Waals surface area contributed by atoms with Crippen molar-refractivity contribution < 1.29 is 19.1 Å². The zero-order chi connectivity index (χ0) is 16.0. The van der Waals surface area contributed by atoms with Gasteiger partial charge in [-0.1, -0.05) is 0 Å². The van der Waals surface area contributed by atoms with Crippen LogP contribution in [-0.4, -0.2) is 40.3 Å². The molecule has 1 rings (SSSR count). The van der Waals surface area contributed by atoms with Gasteiger partial charge < -0.3 is 9.47 Å². The Bertz CT molecular complexity index is 642. The maximum atomic E-state index is 12.0. The zero-order valence-electron chi connectivity index (χ0n) is 11.6. The van der Waals surface area contributed by atoms with Gasteiger partial charge in [0.15, 0.2) is 0 Å². The lowest BCUT2D eigenvalue weighted by Gasteiger charge is -2.07. The summed E-state index contributed by atoms with van der Waals surface area (Å²) < 4.78 is 10.2. The predicted molar refractivity (Wildman–Crippen MR) is 68.8 cm³/mol. The lowest BCUT2D eigenvalue weighted by atomic mass is 10.4. The first-order valence-corrected chi connectivity index (χ1v) is 5.98. The topological polar surface area (TPSA) is 129 Å². The number of nitrogens with zero attached hydrogens (tertiary/aromatic N) is 2. The van der Waals surface area contributed by atoms with Gasteiger partial charge >= 0.3 is 29.0 Å². The molecule has 0 atom stereocenters. The second-order valence-corrected chi connectivity index (χ2v) is 3.97. The minimum atomic E-state index is -0.928. The number of esters is 2.